The number of rotatable bonds is 7. The number of unbranched alkanes of at least 4 members (excludes halogenated alkanes) is 3. The van der Waals surface area contributed by atoms with Gasteiger partial charge >= 0.3 is 30.2 Å². The zero-order chi connectivity index (χ0) is 39.4. The summed E-state index contributed by atoms with van der Waals surface area (Å²) in [5.41, 5.74) is 11.1. The zero-order valence-electron chi connectivity index (χ0n) is 36.5. The summed E-state index contributed by atoms with van der Waals surface area (Å²) in [6, 6.07) is 40.2. The molecule has 0 heterocycles. The van der Waals surface area contributed by atoms with Crippen molar-refractivity contribution in [3.05, 3.63) is 153 Å². The summed E-state index contributed by atoms with van der Waals surface area (Å²) < 4.78 is 5.56. The number of benzene rings is 4. The Labute approximate surface area is 354 Å². The number of aryl methyl sites for hydroxylation is 2. The standard InChI is InChI=1S/2C20H21.C10H21O.2CH3.Si.Zr/c2*1-14-12-16-6-5-7-18(19(16)13-14)15-8-10-17(11-9-15)20(2,3)4;1-5-6-7-8-9-11-10(2,3)4;;;;/h2*5-13H,1-4H3;1,5-9H2,2-4H3;2*1H3;;/q5*-1;;. The normalized spacial score (nSPS) is 11.2. The number of fused-ring (bicyclic) bond motifs is 2. The molecule has 0 aliphatic rings. The molecule has 6 rings (SSSR count). The molecule has 0 amide bonds. The molecule has 0 aliphatic carbocycles. The van der Waals surface area contributed by atoms with Crippen LogP contribution in [0.1, 0.15) is 110 Å². The van der Waals surface area contributed by atoms with E-state index in [1.807, 2.05) is 0 Å². The third kappa shape index (κ3) is 15.6. The van der Waals surface area contributed by atoms with Crippen molar-refractivity contribution in [1.82, 2.24) is 0 Å². The summed E-state index contributed by atoms with van der Waals surface area (Å²) in [5.74, 6) is 0. The molecule has 0 aromatic heterocycles. The van der Waals surface area contributed by atoms with Crippen LogP contribution in [-0.4, -0.2) is 19.1 Å². The third-order valence-electron chi connectivity index (χ3n) is 9.34. The van der Waals surface area contributed by atoms with Crippen LogP contribution >= 0.6 is 0 Å². The van der Waals surface area contributed by atoms with Crippen LogP contribution in [-0.2, 0) is 38.9 Å². The van der Waals surface area contributed by atoms with Crippen molar-refractivity contribution in [3.63, 3.8) is 0 Å². The summed E-state index contributed by atoms with van der Waals surface area (Å²) >= 11 is 1.36. The van der Waals surface area contributed by atoms with Crippen molar-refractivity contribution in [1.29, 1.82) is 0 Å². The van der Waals surface area contributed by atoms with Gasteiger partial charge < -0.3 is 26.5 Å². The number of ether oxygens (including phenoxy) is 1. The molecule has 6 aromatic carbocycles. The van der Waals surface area contributed by atoms with E-state index in [1.54, 1.807) is 0 Å². The summed E-state index contributed by atoms with van der Waals surface area (Å²) in [4.78, 5) is 0. The maximum absolute atomic E-state index is 5.56. The van der Waals surface area contributed by atoms with Gasteiger partial charge in [-0.25, -0.2) is 0 Å². The van der Waals surface area contributed by atoms with E-state index in [0.717, 1.165) is 13.0 Å². The molecule has 0 atom stereocenters. The molecule has 0 saturated heterocycles. The first-order valence-electron chi connectivity index (χ1n) is 19.2. The summed E-state index contributed by atoms with van der Waals surface area (Å²) in [7, 11) is 0. The van der Waals surface area contributed by atoms with Gasteiger partial charge in [0.1, 0.15) is 0 Å². The second-order valence-electron chi connectivity index (χ2n) is 17.2. The molecule has 296 valence electrons. The van der Waals surface area contributed by atoms with E-state index in [1.165, 1.54) is 109 Å². The molecule has 0 fully saturated rings. The van der Waals surface area contributed by atoms with Crippen LogP contribution in [0.25, 0.3) is 43.8 Å². The van der Waals surface area contributed by atoms with Gasteiger partial charge in [0.2, 0.25) is 0 Å². The minimum absolute atomic E-state index is 0. The van der Waals surface area contributed by atoms with Gasteiger partial charge in [0.25, 0.3) is 0 Å². The van der Waals surface area contributed by atoms with Gasteiger partial charge in [-0.05, 0) is 60.3 Å². The molecule has 0 aliphatic heterocycles. The van der Waals surface area contributed by atoms with Gasteiger partial charge in [-0.15, -0.1) is 69.1 Å². The Morgan fingerprint density at radius 3 is 1.27 bits per heavy atom. The molecular weight excluding hydrogens is 760 g/mol. The van der Waals surface area contributed by atoms with Gasteiger partial charge in [0, 0.05) is 6.61 Å². The molecular formula is C52H69OSiZr-5. The van der Waals surface area contributed by atoms with E-state index in [-0.39, 0.29) is 31.3 Å². The SMILES string of the molecule is Cc1cc2c(-c3ccc(C(C)(C)C)cc3)cccc2[cH-]1.Cc1cc2c(-c3ccc(C(C)(C)C)cc3)cccc2[cH-]1.[CH2-]CCCCCOC(C)(C)C.[CH3-].[CH3-].[Si]=[Zr]. The molecule has 6 aromatic rings. The van der Waals surface area contributed by atoms with Crippen LogP contribution in [0.3, 0.4) is 0 Å². The fraction of sp³-hybridized carbons (Fsp3) is 0.365. The van der Waals surface area contributed by atoms with Crippen molar-refractivity contribution >= 4 is 28.4 Å². The second kappa shape index (κ2) is 22.8. The fourth-order valence-corrected chi connectivity index (χ4v) is 6.41. The summed E-state index contributed by atoms with van der Waals surface area (Å²) in [6.07, 6.45) is 4.70. The topological polar surface area (TPSA) is 9.23 Å². The predicted molar refractivity (Wildman–Crippen MR) is 245 cm³/mol. The monoisotopic (exact) mass is 827 g/mol. The Bertz CT molecular complexity index is 1840. The van der Waals surface area contributed by atoms with Gasteiger partial charge in [-0.2, -0.15) is 18.6 Å². The number of hydrogen-bond donors (Lipinski definition) is 0. The predicted octanol–water partition coefficient (Wildman–Crippen LogP) is 15.4. The van der Waals surface area contributed by atoms with Gasteiger partial charge in [-0.1, -0.05) is 140 Å². The van der Waals surface area contributed by atoms with Crippen molar-refractivity contribution in [2.45, 2.75) is 118 Å². The average molecular weight is 829 g/mol. The Hall–Kier alpha value is -2.84. The van der Waals surface area contributed by atoms with Crippen LogP contribution in [0.4, 0.5) is 0 Å². The Balaban J connectivity index is 0.000000413. The fourth-order valence-electron chi connectivity index (χ4n) is 6.41. The first-order chi connectivity index (χ1) is 25.0. The Morgan fingerprint density at radius 1 is 0.564 bits per heavy atom. The molecule has 0 unspecified atom stereocenters. The molecule has 0 spiro atoms. The van der Waals surface area contributed by atoms with Crippen LogP contribution in [0.2, 0.25) is 0 Å². The molecule has 55 heavy (non-hydrogen) atoms. The Kier molecular flexibility index (Phi) is 20.8. The Morgan fingerprint density at radius 2 is 0.945 bits per heavy atom. The van der Waals surface area contributed by atoms with Crippen molar-refractivity contribution < 1.29 is 28.1 Å². The minimum atomic E-state index is 0. The van der Waals surface area contributed by atoms with E-state index in [0.29, 0.717) is 0 Å². The van der Waals surface area contributed by atoms with Crippen molar-refractivity contribution in [3.8, 4) is 22.3 Å². The third-order valence-corrected chi connectivity index (χ3v) is 9.34. The van der Waals surface area contributed by atoms with Gasteiger partial charge in [-0.3, -0.25) is 0 Å². The zero-order valence-corrected chi connectivity index (χ0v) is 40.0. The molecule has 3 heteroatoms. The van der Waals surface area contributed by atoms with E-state index >= 15 is 0 Å². The maximum atomic E-state index is 5.56. The van der Waals surface area contributed by atoms with Gasteiger partial charge in [0.05, 0.1) is 5.60 Å². The molecule has 1 nitrogen and oxygen atoms in total. The second-order valence-corrected chi connectivity index (χ2v) is 17.2. The summed E-state index contributed by atoms with van der Waals surface area (Å²) in [6.45, 7) is 31.9. The quantitative estimate of drug-likeness (QED) is 0.0885. The van der Waals surface area contributed by atoms with Crippen molar-refractivity contribution in [2.24, 2.45) is 0 Å². The van der Waals surface area contributed by atoms with E-state index in [9.17, 15) is 0 Å². The first kappa shape index (κ1) is 50.2. The number of hydrogen-bond acceptors (Lipinski definition) is 1. The molecule has 0 N–H and O–H groups in total. The van der Waals surface area contributed by atoms with E-state index < -0.39 is 0 Å². The van der Waals surface area contributed by atoms with Crippen LogP contribution in [0, 0.1) is 35.6 Å². The first-order valence-corrected chi connectivity index (χ1v) is 23.4. The molecule has 0 bridgehead atoms. The van der Waals surface area contributed by atoms with E-state index in [2.05, 4.69) is 199 Å². The van der Waals surface area contributed by atoms with Crippen LogP contribution in [0.15, 0.2) is 109 Å². The van der Waals surface area contributed by atoms with Crippen LogP contribution in [0.5, 0.6) is 0 Å². The van der Waals surface area contributed by atoms with Crippen molar-refractivity contribution in [2.75, 3.05) is 6.61 Å². The van der Waals surface area contributed by atoms with E-state index in [4.69, 9.17) is 4.74 Å². The molecule has 2 radical (unpaired) electrons. The average Bonchev–Trinajstić information content (AvgIpc) is 3.69. The van der Waals surface area contributed by atoms with Gasteiger partial charge in [0.15, 0.2) is 0 Å². The summed E-state index contributed by atoms with van der Waals surface area (Å²) in [5, 5.41) is 5.38. The molecule has 0 saturated carbocycles. The van der Waals surface area contributed by atoms with Crippen LogP contribution < -0.4 is 0 Å².